The van der Waals surface area contributed by atoms with E-state index in [0.717, 1.165) is 24.8 Å². The van der Waals surface area contributed by atoms with Crippen LogP contribution in [0.5, 0.6) is 5.75 Å². The zero-order chi connectivity index (χ0) is 72.7. The minimum atomic E-state index is -1.03. The molecule has 554 valence electrons. The fourth-order valence-corrected chi connectivity index (χ4v) is 9.92. The Hall–Kier alpha value is -7.99. The van der Waals surface area contributed by atoms with E-state index >= 15 is 0 Å². The smallest absolute Gasteiger partial charge is 0.280 e. The lowest BCUT2D eigenvalue weighted by molar-refractivity contribution is -0.126. The summed E-state index contributed by atoms with van der Waals surface area (Å²) in [6.45, 7) is 7.56. The van der Waals surface area contributed by atoms with Gasteiger partial charge in [0.1, 0.15) is 12.4 Å². The van der Waals surface area contributed by atoms with Crippen molar-refractivity contribution in [2.24, 2.45) is 78.0 Å². The van der Waals surface area contributed by atoms with Crippen molar-refractivity contribution in [1.82, 2.24) is 52.1 Å². The van der Waals surface area contributed by atoms with Crippen LogP contribution in [0.3, 0.4) is 0 Å². The average Bonchev–Trinajstić information content (AvgIpc) is 0.857. The maximum atomic E-state index is 13.0. The van der Waals surface area contributed by atoms with Gasteiger partial charge in [0.05, 0.1) is 35.7 Å². The van der Waals surface area contributed by atoms with Crippen LogP contribution < -0.4 is 116 Å². The number of carbonyl (C=O) groups excluding carboxylic acids is 7. The third-order valence-electron chi connectivity index (χ3n) is 15.8. The van der Waals surface area contributed by atoms with E-state index in [1.54, 1.807) is 6.92 Å². The topological polar surface area (TPSA) is 617 Å². The average molecular weight is 1400 g/mol. The van der Waals surface area contributed by atoms with Crippen molar-refractivity contribution in [2.75, 3.05) is 96.6 Å². The van der Waals surface area contributed by atoms with Crippen LogP contribution in [0.25, 0.3) is 0 Å². The number of halogens is 1. The molecule has 1 aromatic carbocycles. The molecule has 0 saturated carbocycles. The zero-order valence-electron chi connectivity index (χ0n) is 57.5. The van der Waals surface area contributed by atoms with Crippen LogP contribution in [0.15, 0.2) is 39.2 Å². The lowest BCUT2D eigenvalue weighted by Gasteiger charge is -2.23. The standard InChI is InChI=1S/C63H117ClN26O8/c1-63(77,28-8-15-34-85-61(74)75)59(97)83-32-13-6-22-45(66)54(92)79-31-12-5-21-48(69)57(95)82-37-17-39-90(40-41-98-43-26-24-42(25-27-43)18-2-9-35-86-62(76)89-58(96)49-51(70)88-52(71)50(64)87-49)38-16-36-81-56(94)47(68)20-4-11-30-78-53(91)44(65)19-3-10-29-80-55(93)46(67)23-7-14-33-84-60(72)73/h24-27,44-48H,2-23,28-41,65-69,77H2,1H3,(H,78,91)(H,79,92)(H,80,93)(H,81,94)(H,82,95)(H,83,97)(H4,70,71,88)(H4,72,73,84)(H4,74,75,85)(H3,76,86,89,96)/t44-,45-,46-,47-,48-,63?/m0/s1. The number of guanidine groups is 3. The zero-order valence-corrected chi connectivity index (χ0v) is 58.2. The number of unbranched alkanes of at least 4 members (excludes halogenated alkanes) is 7. The maximum Gasteiger partial charge on any atom is 0.280 e. The second kappa shape index (κ2) is 50.4. The van der Waals surface area contributed by atoms with E-state index in [2.05, 4.69) is 67.1 Å². The molecule has 0 aliphatic carbocycles. The first kappa shape index (κ1) is 86.1. The van der Waals surface area contributed by atoms with Gasteiger partial charge in [0, 0.05) is 65.4 Å². The molecule has 1 aromatic heterocycles. The molecule has 34 nitrogen and oxygen atoms in total. The van der Waals surface area contributed by atoms with Crippen molar-refractivity contribution in [2.45, 2.75) is 190 Å². The molecule has 0 radical (unpaired) electrons. The molecule has 1 unspecified atom stereocenters. The first-order chi connectivity index (χ1) is 46.7. The largest absolute Gasteiger partial charge is 0.492 e. The van der Waals surface area contributed by atoms with Gasteiger partial charge in [-0.15, -0.1) is 0 Å². The molecular weight excluding hydrogens is 1280 g/mol. The number of nitrogens with zero attached hydrogens (tertiary/aromatic N) is 6. The minimum Gasteiger partial charge on any atom is -0.492 e. The van der Waals surface area contributed by atoms with Crippen molar-refractivity contribution >= 4 is 82.5 Å². The summed E-state index contributed by atoms with van der Waals surface area (Å²) in [6, 6.07) is 4.33. The van der Waals surface area contributed by atoms with E-state index in [0.29, 0.717) is 219 Å². The molecular formula is C63H117ClN26O8. The summed E-state index contributed by atoms with van der Waals surface area (Å²) in [5.74, 6) is -1.91. The van der Waals surface area contributed by atoms with Crippen LogP contribution in [0.1, 0.15) is 164 Å². The van der Waals surface area contributed by atoms with E-state index in [1.807, 2.05) is 24.3 Å². The highest BCUT2D eigenvalue weighted by Crippen LogP contribution is 2.18. The van der Waals surface area contributed by atoms with Gasteiger partial charge in [0.25, 0.3) is 5.91 Å². The Kier molecular flexibility index (Phi) is 44.2. The Morgan fingerprint density at radius 3 is 1.33 bits per heavy atom. The van der Waals surface area contributed by atoms with E-state index in [9.17, 15) is 33.6 Å². The monoisotopic (exact) mass is 1400 g/mol. The van der Waals surface area contributed by atoms with Gasteiger partial charge in [-0.2, -0.15) is 0 Å². The number of hydrogen-bond donors (Lipinski definition) is 20. The van der Waals surface area contributed by atoms with Gasteiger partial charge in [0.2, 0.25) is 35.4 Å². The predicted octanol–water partition coefficient (Wildman–Crippen LogP) is -2.56. The summed E-state index contributed by atoms with van der Waals surface area (Å²) in [4.78, 5) is 111. The van der Waals surface area contributed by atoms with Gasteiger partial charge in [-0.25, -0.2) is 9.97 Å². The fourth-order valence-electron chi connectivity index (χ4n) is 9.79. The number of rotatable bonds is 54. The Labute approximate surface area is 582 Å². The first-order valence-electron chi connectivity index (χ1n) is 34.2. The number of benzene rings is 1. The lowest BCUT2D eigenvalue weighted by atomic mass is 9.95. The Morgan fingerprint density at radius 2 is 0.888 bits per heavy atom. The molecule has 33 N–H and O–H groups in total. The third kappa shape index (κ3) is 40.0. The number of ether oxygens (including phenoxy) is 1. The molecule has 7 amide bonds. The van der Waals surface area contributed by atoms with Crippen molar-refractivity contribution in [3.63, 3.8) is 0 Å². The van der Waals surface area contributed by atoms with E-state index < -0.39 is 41.7 Å². The summed E-state index contributed by atoms with van der Waals surface area (Å²) >= 11 is 5.88. The van der Waals surface area contributed by atoms with Crippen LogP contribution in [0.2, 0.25) is 5.15 Å². The number of aliphatic imine (C=N–C) groups is 3. The van der Waals surface area contributed by atoms with Crippen molar-refractivity contribution in [3.8, 4) is 5.75 Å². The summed E-state index contributed by atoms with van der Waals surface area (Å²) < 4.78 is 6.15. The highest BCUT2D eigenvalue weighted by atomic mass is 35.5. The van der Waals surface area contributed by atoms with Crippen LogP contribution in [-0.4, -0.2) is 195 Å². The molecule has 0 spiro atoms. The molecule has 98 heavy (non-hydrogen) atoms. The number of aryl methyl sites for hydroxylation is 1. The second-order valence-electron chi connectivity index (χ2n) is 24.6. The molecule has 2 rings (SSSR count). The number of amides is 7. The second-order valence-corrected chi connectivity index (χ2v) is 24.9. The van der Waals surface area contributed by atoms with Crippen LogP contribution in [0, 0.1) is 0 Å². The van der Waals surface area contributed by atoms with Gasteiger partial charge in [-0.05, 0) is 185 Å². The number of hydrogen-bond acceptors (Lipinski definition) is 22. The number of carbonyl (C=O) groups is 7. The third-order valence-corrected chi connectivity index (χ3v) is 16.1. The SMILES string of the molecule is CC(N)(CCCCN=C(N)N)C(=O)NCCCC[C@H](N)C(=O)NCCCC[C@H](N)C(=O)NCCCN(CCCNC(=O)[C@@H](N)CCCCNC(=O)[C@@H](N)CCCCNC(=O)[C@@H](N)CCCCN=C(N)N)CCOc1ccc(CCCCN=C(N)NC(=O)c2nc(Cl)c(N)nc2N)cc1. The molecule has 35 heteroatoms. The van der Waals surface area contributed by atoms with Gasteiger partial charge in [-0.3, -0.25) is 58.8 Å². The van der Waals surface area contributed by atoms with E-state index in [1.165, 1.54) is 0 Å². The number of nitrogens with two attached hydrogens (primary N) is 13. The maximum absolute atomic E-state index is 13.0. The molecule has 1 heterocycles. The summed E-state index contributed by atoms with van der Waals surface area (Å²) in [5.41, 5.74) is 75.4. The van der Waals surface area contributed by atoms with Crippen LogP contribution in [-0.2, 0) is 35.2 Å². The minimum absolute atomic E-state index is 0.0273. The van der Waals surface area contributed by atoms with Crippen LogP contribution >= 0.6 is 11.6 Å². The molecule has 6 atom stereocenters. The Balaban J connectivity index is 1.78. The van der Waals surface area contributed by atoms with Crippen molar-refractivity contribution in [1.29, 1.82) is 0 Å². The highest BCUT2D eigenvalue weighted by molar-refractivity contribution is 6.31. The molecule has 0 fully saturated rings. The van der Waals surface area contributed by atoms with E-state index in [-0.39, 0.29) is 75.8 Å². The molecule has 0 aliphatic rings. The Bertz CT molecular complexity index is 2770. The fraction of sp³-hybridized carbons (Fsp3) is 0.683. The number of nitrogens with one attached hydrogen (secondary N) is 7. The van der Waals surface area contributed by atoms with Crippen molar-refractivity contribution < 1.29 is 38.3 Å². The number of aromatic nitrogens is 2. The van der Waals surface area contributed by atoms with E-state index in [4.69, 9.17) is 90.9 Å². The molecule has 2 aromatic rings. The summed E-state index contributed by atoms with van der Waals surface area (Å²) in [6.07, 6.45) is 14.1. The quantitative estimate of drug-likeness (QED) is 0.0184. The number of nitrogen functional groups attached to an aromatic ring is 2. The van der Waals surface area contributed by atoms with Crippen LogP contribution in [0.4, 0.5) is 11.6 Å². The number of anilines is 2. The lowest BCUT2D eigenvalue weighted by Crippen LogP contribution is -2.51. The highest BCUT2D eigenvalue weighted by Gasteiger charge is 2.27. The van der Waals surface area contributed by atoms with Gasteiger partial charge in [0.15, 0.2) is 40.4 Å². The molecule has 0 bridgehead atoms. The molecule has 0 saturated heterocycles. The normalized spacial score (nSPS) is 13.5. The van der Waals surface area contributed by atoms with Crippen molar-refractivity contribution in [3.05, 3.63) is 40.7 Å². The first-order valence-corrected chi connectivity index (χ1v) is 34.6. The summed E-state index contributed by atoms with van der Waals surface area (Å²) in [7, 11) is 0. The van der Waals surface area contributed by atoms with Gasteiger partial charge >= 0.3 is 0 Å². The van der Waals surface area contributed by atoms with Gasteiger partial charge in [-0.1, -0.05) is 23.7 Å². The Morgan fingerprint density at radius 1 is 0.500 bits per heavy atom. The molecule has 0 aliphatic heterocycles. The summed E-state index contributed by atoms with van der Waals surface area (Å²) in [5, 5.41) is 19.6. The predicted molar refractivity (Wildman–Crippen MR) is 385 cm³/mol. The van der Waals surface area contributed by atoms with Gasteiger partial charge < -0.3 is 111 Å².